The average Bonchev–Trinajstić information content (AvgIpc) is 3.24. The first-order valence-corrected chi connectivity index (χ1v) is 7.74. The summed E-state index contributed by atoms with van der Waals surface area (Å²) in [6, 6.07) is 10.9. The minimum Gasteiger partial charge on any atom is -0.497 e. The Kier molecular flexibility index (Phi) is 3.65. The minimum absolute atomic E-state index is 0.0786. The monoisotopic (exact) mass is 327 g/mol. The second-order valence-electron chi connectivity index (χ2n) is 5.70. The Morgan fingerprint density at radius 3 is 2.88 bits per heavy atom. The third kappa shape index (κ3) is 2.71. The maximum absolute atomic E-state index is 12.3. The highest BCUT2D eigenvalue weighted by Crippen LogP contribution is 2.33. The predicted molar refractivity (Wildman–Crippen MR) is 86.0 cm³/mol. The van der Waals surface area contributed by atoms with E-state index in [-0.39, 0.29) is 18.8 Å². The minimum atomic E-state index is -0.162. The number of nitrogens with one attached hydrogen (secondary N) is 1. The molecule has 1 N–H and O–H groups in total. The third-order valence-corrected chi connectivity index (χ3v) is 4.13. The number of rotatable bonds is 4. The summed E-state index contributed by atoms with van der Waals surface area (Å²) in [6.45, 7) is 0.627. The maximum atomic E-state index is 12.3. The number of carbonyl (C=O) groups excluding carboxylic acids is 1. The Morgan fingerprint density at radius 2 is 2.00 bits per heavy atom. The lowest BCUT2D eigenvalue weighted by molar-refractivity contribution is 0.0933. The van der Waals surface area contributed by atoms with Crippen LogP contribution in [0.5, 0.6) is 23.0 Å². The highest BCUT2D eigenvalue weighted by Gasteiger charge is 2.24. The van der Waals surface area contributed by atoms with E-state index >= 15 is 0 Å². The van der Waals surface area contributed by atoms with E-state index in [1.807, 2.05) is 18.2 Å². The van der Waals surface area contributed by atoms with Gasteiger partial charge >= 0.3 is 0 Å². The van der Waals surface area contributed by atoms with Crippen molar-refractivity contribution >= 4 is 5.91 Å². The first kappa shape index (κ1) is 14.7. The van der Waals surface area contributed by atoms with Crippen molar-refractivity contribution < 1.29 is 23.7 Å². The van der Waals surface area contributed by atoms with Crippen LogP contribution in [0.2, 0.25) is 0 Å². The van der Waals surface area contributed by atoms with Gasteiger partial charge in [0.15, 0.2) is 11.5 Å². The maximum Gasteiger partial charge on any atom is 0.251 e. The van der Waals surface area contributed by atoms with Crippen LogP contribution < -0.4 is 24.3 Å². The van der Waals surface area contributed by atoms with E-state index in [0.717, 1.165) is 23.5 Å². The van der Waals surface area contributed by atoms with Gasteiger partial charge in [-0.25, -0.2) is 0 Å². The number of hydrogen-bond acceptors (Lipinski definition) is 5. The second kappa shape index (κ2) is 5.96. The molecule has 2 heterocycles. The molecule has 0 bridgehead atoms. The van der Waals surface area contributed by atoms with Gasteiger partial charge in [-0.3, -0.25) is 4.79 Å². The van der Waals surface area contributed by atoms with Crippen molar-refractivity contribution in [3.63, 3.8) is 0 Å². The molecule has 2 aromatic rings. The molecular weight excluding hydrogens is 310 g/mol. The molecule has 0 radical (unpaired) electrons. The SMILES string of the molecule is COc1ccc2c(c1)C[C@H](CNC(=O)c1ccc3c(c1)OCO3)O2. The Balaban J connectivity index is 1.37. The molecule has 0 saturated heterocycles. The molecule has 2 aliphatic heterocycles. The molecule has 124 valence electrons. The Hall–Kier alpha value is -2.89. The number of ether oxygens (including phenoxy) is 4. The van der Waals surface area contributed by atoms with Gasteiger partial charge in [0, 0.05) is 17.5 Å². The van der Waals surface area contributed by atoms with Crippen LogP contribution in [-0.4, -0.2) is 32.5 Å². The van der Waals surface area contributed by atoms with Crippen LogP contribution in [0, 0.1) is 0 Å². The van der Waals surface area contributed by atoms with Gasteiger partial charge in [0.05, 0.1) is 13.7 Å². The number of fused-ring (bicyclic) bond motifs is 2. The largest absolute Gasteiger partial charge is 0.497 e. The van der Waals surface area contributed by atoms with E-state index in [9.17, 15) is 4.79 Å². The molecule has 0 aliphatic carbocycles. The molecule has 1 atom stereocenters. The summed E-state index contributed by atoms with van der Waals surface area (Å²) in [6.07, 6.45) is 0.665. The van der Waals surface area contributed by atoms with Crippen molar-refractivity contribution in [1.82, 2.24) is 5.32 Å². The van der Waals surface area contributed by atoms with Crippen LogP contribution in [0.1, 0.15) is 15.9 Å². The quantitative estimate of drug-likeness (QED) is 0.932. The summed E-state index contributed by atoms with van der Waals surface area (Å²) < 4.78 is 21.6. The zero-order chi connectivity index (χ0) is 16.5. The summed E-state index contributed by atoms with van der Waals surface area (Å²) >= 11 is 0. The van der Waals surface area contributed by atoms with Crippen molar-refractivity contribution in [3.8, 4) is 23.0 Å². The fourth-order valence-electron chi connectivity index (χ4n) is 2.88. The Morgan fingerprint density at radius 1 is 1.17 bits per heavy atom. The molecule has 6 nitrogen and oxygen atoms in total. The van der Waals surface area contributed by atoms with Gasteiger partial charge in [-0.2, -0.15) is 0 Å². The van der Waals surface area contributed by atoms with Crippen molar-refractivity contribution in [2.45, 2.75) is 12.5 Å². The summed E-state index contributed by atoms with van der Waals surface area (Å²) in [7, 11) is 1.64. The predicted octanol–water partition coefficient (Wildman–Crippen LogP) is 2.16. The molecule has 24 heavy (non-hydrogen) atoms. The van der Waals surface area contributed by atoms with E-state index < -0.39 is 0 Å². The molecular formula is C18H17NO5. The standard InChI is InChI=1S/C18H17NO5/c1-21-13-3-5-15-12(6-13)7-14(24-15)9-19-18(20)11-2-4-16-17(8-11)23-10-22-16/h2-6,8,14H,7,9-10H2,1H3,(H,19,20)/t14-/m1/s1. The fourth-order valence-corrected chi connectivity index (χ4v) is 2.88. The highest BCUT2D eigenvalue weighted by atomic mass is 16.7. The van der Waals surface area contributed by atoms with E-state index in [1.165, 1.54) is 0 Å². The van der Waals surface area contributed by atoms with E-state index in [2.05, 4.69) is 5.32 Å². The average molecular weight is 327 g/mol. The summed E-state index contributed by atoms with van der Waals surface area (Å²) in [5.41, 5.74) is 1.63. The zero-order valence-electron chi connectivity index (χ0n) is 13.2. The highest BCUT2D eigenvalue weighted by molar-refractivity contribution is 5.94. The van der Waals surface area contributed by atoms with Crippen LogP contribution in [0.15, 0.2) is 36.4 Å². The van der Waals surface area contributed by atoms with Gasteiger partial charge in [-0.05, 0) is 36.4 Å². The molecule has 0 spiro atoms. The number of hydrogen-bond donors (Lipinski definition) is 1. The summed E-state index contributed by atoms with van der Waals surface area (Å²) in [5.74, 6) is 2.75. The van der Waals surface area contributed by atoms with Gasteiger partial charge < -0.3 is 24.3 Å². The lowest BCUT2D eigenvalue weighted by atomic mass is 10.1. The first-order chi connectivity index (χ1) is 11.7. The van der Waals surface area contributed by atoms with Crippen LogP contribution in [0.4, 0.5) is 0 Å². The van der Waals surface area contributed by atoms with Crippen molar-refractivity contribution in [2.24, 2.45) is 0 Å². The molecule has 0 aromatic heterocycles. The summed E-state index contributed by atoms with van der Waals surface area (Å²) in [4.78, 5) is 12.3. The molecule has 0 unspecified atom stereocenters. The van der Waals surface area contributed by atoms with E-state index in [1.54, 1.807) is 25.3 Å². The van der Waals surface area contributed by atoms with Crippen LogP contribution in [0.25, 0.3) is 0 Å². The molecule has 0 saturated carbocycles. The Bertz CT molecular complexity index is 789. The van der Waals surface area contributed by atoms with Crippen molar-refractivity contribution in [3.05, 3.63) is 47.5 Å². The number of benzene rings is 2. The molecule has 2 aliphatic rings. The van der Waals surface area contributed by atoms with Crippen molar-refractivity contribution in [1.29, 1.82) is 0 Å². The molecule has 4 rings (SSSR count). The van der Waals surface area contributed by atoms with Gasteiger partial charge in [0.2, 0.25) is 6.79 Å². The van der Waals surface area contributed by atoms with Crippen LogP contribution >= 0.6 is 0 Å². The Labute approximate surface area is 139 Å². The third-order valence-electron chi connectivity index (χ3n) is 4.13. The molecule has 6 heteroatoms. The van der Waals surface area contributed by atoms with Gasteiger partial charge in [0.1, 0.15) is 17.6 Å². The summed E-state index contributed by atoms with van der Waals surface area (Å²) in [5, 5.41) is 2.90. The lowest BCUT2D eigenvalue weighted by Crippen LogP contribution is -2.34. The van der Waals surface area contributed by atoms with Crippen LogP contribution in [0.3, 0.4) is 0 Å². The van der Waals surface area contributed by atoms with Crippen LogP contribution in [-0.2, 0) is 6.42 Å². The zero-order valence-corrected chi connectivity index (χ0v) is 13.2. The number of amides is 1. The first-order valence-electron chi connectivity index (χ1n) is 7.74. The fraction of sp³-hybridized carbons (Fsp3) is 0.278. The topological polar surface area (TPSA) is 66.0 Å². The van der Waals surface area contributed by atoms with Crippen molar-refractivity contribution in [2.75, 3.05) is 20.4 Å². The smallest absolute Gasteiger partial charge is 0.251 e. The van der Waals surface area contributed by atoms with Gasteiger partial charge in [-0.15, -0.1) is 0 Å². The molecule has 2 aromatic carbocycles. The number of methoxy groups -OCH3 is 1. The molecule has 0 fully saturated rings. The van der Waals surface area contributed by atoms with Gasteiger partial charge in [-0.1, -0.05) is 0 Å². The van der Waals surface area contributed by atoms with Gasteiger partial charge in [0.25, 0.3) is 5.91 Å². The lowest BCUT2D eigenvalue weighted by Gasteiger charge is -2.12. The van der Waals surface area contributed by atoms with E-state index in [4.69, 9.17) is 18.9 Å². The second-order valence-corrected chi connectivity index (χ2v) is 5.70. The molecule has 1 amide bonds. The number of carbonyl (C=O) groups is 1. The van der Waals surface area contributed by atoms with E-state index in [0.29, 0.717) is 23.6 Å². The normalized spacial score (nSPS) is 17.1.